The summed E-state index contributed by atoms with van der Waals surface area (Å²) < 4.78 is 0. The van der Waals surface area contributed by atoms with Crippen LogP contribution in [0.2, 0.25) is 5.28 Å². The van der Waals surface area contributed by atoms with Gasteiger partial charge in [-0.25, -0.2) is 9.97 Å². The first-order chi connectivity index (χ1) is 8.83. The minimum atomic E-state index is 0.282. The fourth-order valence-electron chi connectivity index (χ4n) is 2.50. The molecule has 18 heavy (non-hydrogen) atoms. The fraction of sp³-hybridized carbons (Fsp3) is 0.286. The minimum Gasteiger partial charge on any atom is -0.363 e. The average molecular weight is 260 g/mol. The lowest BCUT2D eigenvalue weighted by molar-refractivity contribution is 0.598. The molecule has 0 aliphatic heterocycles. The Labute approximate surface area is 111 Å². The summed E-state index contributed by atoms with van der Waals surface area (Å²) in [4.78, 5) is 8.07. The van der Waals surface area contributed by atoms with Crippen molar-refractivity contribution in [2.45, 2.75) is 25.3 Å². The van der Waals surface area contributed by atoms with Crippen LogP contribution >= 0.6 is 11.6 Å². The second-order valence-electron chi connectivity index (χ2n) is 4.50. The zero-order valence-electron chi connectivity index (χ0n) is 9.94. The lowest BCUT2D eigenvalue weighted by Gasteiger charge is -2.26. The maximum Gasteiger partial charge on any atom is 0.224 e. The fourth-order valence-corrected chi connectivity index (χ4v) is 2.65. The molecule has 0 bridgehead atoms. The number of hydrogen-bond donors (Lipinski definition) is 1. The van der Waals surface area contributed by atoms with Crippen molar-refractivity contribution in [1.29, 1.82) is 0 Å². The van der Waals surface area contributed by atoms with Gasteiger partial charge >= 0.3 is 0 Å². The van der Waals surface area contributed by atoms with Crippen LogP contribution in [0, 0.1) is 0 Å². The van der Waals surface area contributed by atoms with Gasteiger partial charge in [0.15, 0.2) is 0 Å². The first kappa shape index (κ1) is 11.5. The molecule has 1 aromatic carbocycles. The highest BCUT2D eigenvalue weighted by Crippen LogP contribution is 2.31. The van der Waals surface area contributed by atoms with E-state index in [2.05, 4.69) is 39.6 Å². The predicted molar refractivity (Wildman–Crippen MR) is 72.8 cm³/mol. The molecule has 1 aliphatic carbocycles. The molecule has 2 aromatic rings. The van der Waals surface area contributed by atoms with Crippen molar-refractivity contribution >= 4 is 17.4 Å². The zero-order valence-corrected chi connectivity index (χ0v) is 10.7. The molecule has 0 radical (unpaired) electrons. The molecular weight excluding hydrogens is 246 g/mol. The molecule has 1 aliphatic rings. The Morgan fingerprint density at radius 1 is 1.22 bits per heavy atom. The van der Waals surface area contributed by atoms with Crippen LogP contribution < -0.4 is 5.32 Å². The van der Waals surface area contributed by atoms with Gasteiger partial charge in [0.1, 0.15) is 5.82 Å². The Balaban J connectivity index is 1.86. The summed E-state index contributed by atoms with van der Waals surface area (Å²) >= 11 is 5.80. The van der Waals surface area contributed by atoms with Crippen molar-refractivity contribution in [2.24, 2.45) is 0 Å². The van der Waals surface area contributed by atoms with Gasteiger partial charge in [-0.1, -0.05) is 24.3 Å². The Bertz CT molecular complexity index is 556. The number of nitrogens with one attached hydrogen (secondary N) is 1. The number of hydrogen-bond acceptors (Lipinski definition) is 3. The molecule has 0 fully saturated rings. The molecule has 1 aromatic heterocycles. The van der Waals surface area contributed by atoms with E-state index in [0.717, 1.165) is 12.2 Å². The molecule has 3 rings (SSSR count). The van der Waals surface area contributed by atoms with Crippen molar-refractivity contribution in [3.63, 3.8) is 0 Å². The number of aromatic nitrogens is 2. The SMILES string of the molecule is Clc1nccc(NC2CCCc3ccccc32)n1. The number of halogens is 1. The molecular formula is C14H14ClN3. The number of anilines is 1. The third kappa shape index (κ3) is 2.31. The maximum atomic E-state index is 5.80. The smallest absolute Gasteiger partial charge is 0.224 e. The number of fused-ring (bicyclic) bond motifs is 1. The molecule has 0 spiro atoms. The quantitative estimate of drug-likeness (QED) is 0.837. The third-order valence-corrected chi connectivity index (χ3v) is 3.50. The van der Waals surface area contributed by atoms with Gasteiger partial charge in [-0.3, -0.25) is 0 Å². The molecule has 0 saturated heterocycles. The third-order valence-electron chi connectivity index (χ3n) is 3.32. The van der Waals surface area contributed by atoms with Gasteiger partial charge in [0.25, 0.3) is 0 Å². The van der Waals surface area contributed by atoms with Crippen molar-refractivity contribution < 1.29 is 0 Å². The average Bonchev–Trinajstić information content (AvgIpc) is 2.39. The first-order valence-electron chi connectivity index (χ1n) is 6.16. The number of rotatable bonds is 2. The highest BCUT2D eigenvalue weighted by atomic mass is 35.5. The topological polar surface area (TPSA) is 37.8 Å². The van der Waals surface area contributed by atoms with Gasteiger partial charge in [-0.2, -0.15) is 0 Å². The van der Waals surface area contributed by atoms with Crippen LogP contribution in [0.5, 0.6) is 0 Å². The van der Waals surface area contributed by atoms with Gasteiger partial charge in [0.2, 0.25) is 5.28 Å². The van der Waals surface area contributed by atoms with E-state index in [0.29, 0.717) is 6.04 Å². The molecule has 1 unspecified atom stereocenters. The number of benzene rings is 1. The Kier molecular flexibility index (Phi) is 3.15. The van der Waals surface area contributed by atoms with Crippen LogP contribution in [0.1, 0.15) is 30.0 Å². The summed E-state index contributed by atoms with van der Waals surface area (Å²) in [6.45, 7) is 0. The van der Waals surface area contributed by atoms with Gasteiger partial charge < -0.3 is 5.32 Å². The van der Waals surface area contributed by atoms with Crippen molar-refractivity contribution in [1.82, 2.24) is 9.97 Å². The molecule has 0 saturated carbocycles. The van der Waals surface area contributed by atoms with E-state index in [-0.39, 0.29) is 5.28 Å². The van der Waals surface area contributed by atoms with Crippen LogP contribution in [-0.4, -0.2) is 9.97 Å². The number of nitrogens with zero attached hydrogens (tertiary/aromatic N) is 2. The largest absolute Gasteiger partial charge is 0.363 e. The summed E-state index contributed by atoms with van der Waals surface area (Å²) in [5.74, 6) is 0.789. The van der Waals surface area contributed by atoms with E-state index in [4.69, 9.17) is 11.6 Å². The number of aryl methyl sites for hydroxylation is 1. The molecule has 3 nitrogen and oxygen atoms in total. The van der Waals surface area contributed by atoms with Gasteiger partial charge in [0.05, 0.1) is 6.04 Å². The summed E-state index contributed by atoms with van der Waals surface area (Å²) in [5, 5.41) is 3.72. The Morgan fingerprint density at radius 3 is 3.00 bits per heavy atom. The van der Waals surface area contributed by atoms with Gasteiger partial charge in [0, 0.05) is 6.20 Å². The van der Waals surface area contributed by atoms with Crippen LogP contribution in [0.3, 0.4) is 0 Å². The van der Waals surface area contributed by atoms with Crippen molar-refractivity contribution in [2.75, 3.05) is 5.32 Å². The molecule has 1 heterocycles. The van der Waals surface area contributed by atoms with E-state index in [1.165, 1.54) is 24.0 Å². The van der Waals surface area contributed by atoms with Crippen LogP contribution in [0.4, 0.5) is 5.82 Å². The van der Waals surface area contributed by atoms with E-state index in [9.17, 15) is 0 Å². The minimum absolute atomic E-state index is 0.282. The van der Waals surface area contributed by atoms with E-state index in [1.54, 1.807) is 6.20 Å². The van der Waals surface area contributed by atoms with Crippen LogP contribution in [0.15, 0.2) is 36.5 Å². The standard InChI is InChI=1S/C14H14ClN3/c15-14-16-9-8-13(18-14)17-12-7-3-5-10-4-1-2-6-11(10)12/h1-2,4,6,8-9,12H,3,5,7H2,(H,16,17,18). The molecule has 1 N–H and O–H groups in total. The summed E-state index contributed by atoms with van der Waals surface area (Å²) in [5.41, 5.74) is 2.81. The zero-order chi connectivity index (χ0) is 12.4. The lowest BCUT2D eigenvalue weighted by atomic mass is 9.88. The maximum absolute atomic E-state index is 5.80. The second kappa shape index (κ2) is 4.94. The van der Waals surface area contributed by atoms with Gasteiger partial charge in [-0.05, 0) is 48.1 Å². The van der Waals surface area contributed by atoms with Crippen molar-refractivity contribution in [3.8, 4) is 0 Å². The van der Waals surface area contributed by atoms with Crippen LogP contribution in [-0.2, 0) is 6.42 Å². The Morgan fingerprint density at radius 2 is 2.11 bits per heavy atom. The predicted octanol–water partition coefficient (Wildman–Crippen LogP) is 3.62. The van der Waals surface area contributed by atoms with Gasteiger partial charge in [-0.15, -0.1) is 0 Å². The monoisotopic (exact) mass is 259 g/mol. The van der Waals surface area contributed by atoms with E-state index >= 15 is 0 Å². The Hall–Kier alpha value is -1.61. The summed E-state index contributed by atoms with van der Waals surface area (Å²) in [6, 6.07) is 10.8. The summed E-state index contributed by atoms with van der Waals surface area (Å²) in [7, 11) is 0. The normalized spacial score (nSPS) is 18.2. The van der Waals surface area contributed by atoms with Crippen molar-refractivity contribution in [3.05, 3.63) is 52.9 Å². The van der Waals surface area contributed by atoms with Crippen LogP contribution in [0.25, 0.3) is 0 Å². The first-order valence-corrected chi connectivity index (χ1v) is 6.53. The molecule has 92 valence electrons. The van der Waals surface area contributed by atoms with E-state index < -0.39 is 0 Å². The second-order valence-corrected chi connectivity index (χ2v) is 4.84. The molecule has 1 atom stereocenters. The van der Waals surface area contributed by atoms with E-state index in [1.807, 2.05) is 6.07 Å². The molecule has 0 amide bonds. The highest BCUT2D eigenvalue weighted by molar-refractivity contribution is 6.28. The highest BCUT2D eigenvalue weighted by Gasteiger charge is 2.19. The lowest BCUT2D eigenvalue weighted by Crippen LogP contribution is -2.17. The summed E-state index contributed by atoms with van der Waals surface area (Å²) in [6.07, 6.45) is 5.16. The molecule has 4 heteroatoms.